The Morgan fingerprint density at radius 1 is 1.19 bits per heavy atom. The Balaban J connectivity index is 1.71. The lowest BCUT2D eigenvalue weighted by Gasteiger charge is -2.17. The molecule has 4 rings (SSSR count). The molecule has 1 aliphatic heterocycles. The Labute approximate surface area is 153 Å². The van der Waals surface area contributed by atoms with Gasteiger partial charge in [0.25, 0.3) is 0 Å². The summed E-state index contributed by atoms with van der Waals surface area (Å²) in [7, 11) is 0. The number of aromatic nitrogens is 2. The fraction of sp³-hybridized carbons (Fsp3) is 0.273. The topological polar surface area (TPSA) is 38.1 Å². The van der Waals surface area contributed by atoms with Crippen LogP contribution in [0.4, 0.5) is 5.69 Å². The van der Waals surface area contributed by atoms with Crippen molar-refractivity contribution in [2.45, 2.75) is 32.7 Å². The SMILES string of the molecule is C=C(C)Cn1c([C@@H]2CC(=O)N(c3ccc(C)cc3)C2)nc2ccccc21. The lowest BCUT2D eigenvalue weighted by molar-refractivity contribution is -0.117. The highest BCUT2D eigenvalue weighted by Crippen LogP contribution is 2.33. The predicted molar refractivity (Wildman–Crippen MR) is 105 cm³/mol. The second-order valence-corrected chi connectivity index (χ2v) is 7.24. The van der Waals surface area contributed by atoms with Crippen molar-refractivity contribution in [1.29, 1.82) is 0 Å². The average Bonchev–Trinajstić information content (AvgIpc) is 3.16. The van der Waals surface area contributed by atoms with Gasteiger partial charge in [0, 0.05) is 31.1 Å². The summed E-state index contributed by atoms with van der Waals surface area (Å²) in [5.41, 5.74) is 5.32. The molecule has 0 saturated carbocycles. The number of rotatable bonds is 4. The molecule has 0 unspecified atom stereocenters. The van der Waals surface area contributed by atoms with Crippen LogP contribution in [-0.4, -0.2) is 22.0 Å². The van der Waals surface area contributed by atoms with Crippen molar-refractivity contribution >= 4 is 22.6 Å². The van der Waals surface area contributed by atoms with Crippen molar-refractivity contribution < 1.29 is 4.79 Å². The number of anilines is 1. The van der Waals surface area contributed by atoms with Crippen molar-refractivity contribution in [3.05, 3.63) is 72.1 Å². The molecule has 0 N–H and O–H groups in total. The number of hydrogen-bond donors (Lipinski definition) is 0. The summed E-state index contributed by atoms with van der Waals surface area (Å²) in [6.07, 6.45) is 0.493. The number of aryl methyl sites for hydroxylation is 1. The number of allylic oxidation sites excluding steroid dienone is 1. The minimum atomic E-state index is 0.0931. The van der Waals surface area contributed by atoms with Gasteiger partial charge in [-0.3, -0.25) is 4.79 Å². The summed E-state index contributed by atoms with van der Waals surface area (Å²) in [6.45, 7) is 9.54. The maximum Gasteiger partial charge on any atom is 0.227 e. The van der Waals surface area contributed by atoms with Crippen LogP contribution in [0.1, 0.15) is 30.7 Å². The van der Waals surface area contributed by atoms with Crippen molar-refractivity contribution in [3.63, 3.8) is 0 Å². The van der Waals surface area contributed by atoms with Crippen LogP contribution >= 0.6 is 0 Å². The van der Waals surface area contributed by atoms with Gasteiger partial charge in [-0.25, -0.2) is 4.98 Å². The van der Waals surface area contributed by atoms with Crippen LogP contribution in [0.25, 0.3) is 11.0 Å². The minimum Gasteiger partial charge on any atom is -0.324 e. The molecule has 0 spiro atoms. The highest BCUT2D eigenvalue weighted by molar-refractivity contribution is 5.96. The minimum absolute atomic E-state index is 0.0931. The van der Waals surface area contributed by atoms with Crippen LogP contribution in [0.2, 0.25) is 0 Å². The molecule has 1 aliphatic rings. The molecule has 2 heterocycles. The molecular formula is C22H23N3O. The maximum absolute atomic E-state index is 12.7. The van der Waals surface area contributed by atoms with Crippen LogP contribution in [0.15, 0.2) is 60.7 Å². The number of nitrogens with zero attached hydrogens (tertiary/aromatic N) is 3. The molecular weight excluding hydrogens is 322 g/mol. The monoisotopic (exact) mass is 345 g/mol. The van der Waals surface area contributed by atoms with E-state index in [4.69, 9.17) is 4.98 Å². The third kappa shape index (κ3) is 2.92. The Bertz CT molecular complexity index is 984. The largest absolute Gasteiger partial charge is 0.324 e. The Morgan fingerprint density at radius 2 is 1.92 bits per heavy atom. The third-order valence-electron chi connectivity index (χ3n) is 4.95. The number of amides is 1. The maximum atomic E-state index is 12.7. The summed E-state index contributed by atoms with van der Waals surface area (Å²) in [4.78, 5) is 19.4. The third-order valence-corrected chi connectivity index (χ3v) is 4.95. The molecule has 0 aliphatic carbocycles. The van der Waals surface area contributed by atoms with Crippen LogP contribution in [-0.2, 0) is 11.3 Å². The zero-order chi connectivity index (χ0) is 18.3. The number of fused-ring (bicyclic) bond motifs is 1. The fourth-order valence-electron chi connectivity index (χ4n) is 3.70. The predicted octanol–water partition coefficient (Wildman–Crippen LogP) is 4.44. The van der Waals surface area contributed by atoms with Gasteiger partial charge in [0.2, 0.25) is 5.91 Å². The van der Waals surface area contributed by atoms with E-state index < -0.39 is 0 Å². The first kappa shape index (κ1) is 16.6. The van der Waals surface area contributed by atoms with Crippen LogP contribution in [0.3, 0.4) is 0 Å². The molecule has 1 atom stereocenters. The molecule has 0 radical (unpaired) electrons. The summed E-state index contributed by atoms with van der Waals surface area (Å²) in [5.74, 6) is 1.24. The van der Waals surface area contributed by atoms with Gasteiger partial charge in [0.15, 0.2) is 0 Å². The zero-order valence-corrected chi connectivity index (χ0v) is 15.3. The highest BCUT2D eigenvalue weighted by atomic mass is 16.2. The molecule has 1 amide bonds. The molecule has 1 fully saturated rings. The van der Waals surface area contributed by atoms with Crippen molar-refractivity contribution in [2.75, 3.05) is 11.4 Å². The Kier molecular flexibility index (Phi) is 4.11. The van der Waals surface area contributed by atoms with Crippen molar-refractivity contribution in [2.24, 2.45) is 0 Å². The number of hydrogen-bond acceptors (Lipinski definition) is 2. The van der Waals surface area contributed by atoms with E-state index in [0.717, 1.165) is 34.7 Å². The first-order valence-corrected chi connectivity index (χ1v) is 8.99. The van der Waals surface area contributed by atoms with Crippen LogP contribution in [0.5, 0.6) is 0 Å². The quantitative estimate of drug-likeness (QED) is 0.656. The summed E-state index contributed by atoms with van der Waals surface area (Å²) in [6, 6.07) is 16.3. The summed E-state index contributed by atoms with van der Waals surface area (Å²) < 4.78 is 2.22. The number of imidazole rings is 1. The molecule has 4 heteroatoms. The Hall–Kier alpha value is -2.88. The van der Waals surface area contributed by atoms with Crippen LogP contribution in [0, 0.1) is 6.92 Å². The van der Waals surface area contributed by atoms with Crippen LogP contribution < -0.4 is 4.90 Å². The van der Waals surface area contributed by atoms with E-state index in [1.165, 1.54) is 5.56 Å². The van der Waals surface area contributed by atoms with Gasteiger partial charge in [0.05, 0.1) is 11.0 Å². The smallest absolute Gasteiger partial charge is 0.227 e. The number of carbonyl (C=O) groups is 1. The highest BCUT2D eigenvalue weighted by Gasteiger charge is 2.34. The average molecular weight is 345 g/mol. The Morgan fingerprint density at radius 3 is 2.65 bits per heavy atom. The molecule has 2 aromatic carbocycles. The first-order valence-electron chi connectivity index (χ1n) is 8.99. The lowest BCUT2D eigenvalue weighted by Crippen LogP contribution is -2.24. The van der Waals surface area contributed by atoms with E-state index in [0.29, 0.717) is 13.0 Å². The number of para-hydroxylation sites is 2. The fourth-order valence-corrected chi connectivity index (χ4v) is 3.70. The van der Waals surface area contributed by atoms with Crippen molar-refractivity contribution in [3.8, 4) is 0 Å². The van der Waals surface area contributed by atoms with Gasteiger partial charge in [0.1, 0.15) is 5.82 Å². The molecule has 4 nitrogen and oxygen atoms in total. The summed E-state index contributed by atoms with van der Waals surface area (Å²) in [5, 5.41) is 0. The lowest BCUT2D eigenvalue weighted by atomic mass is 10.1. The van der Waals surface area contributed by atoms with Gasteiger partial charge < -0.3 is 9.47 Å². The van der Waals surface area contributed by atoms with E-state index >= 15 is 0 Å². The molecule has 26 heavy (non-hydrogen) atoms. The van der Waals surface area contributed by atoms with E-state index in [-0.39, 0.29) is 11.8 Å². The molecule has 132 valence electrons. The van der Waals surface area contributed by atoms with E-state index in [1.54, 1.807) is 0 Å². The van der Waals surface area contributed by atoms with Gasteiger partial charge in [-0.1, -0.05) is 42.0 Å². The normalized spacial score (nSPS) is 17.2. The van der Waals surface area contributed by atoms with Gasteiger partial charge >= 0.3 is 0 Å². The van der Waals surface area contributed by atoms with Gasteiger partial charge in [-0.2, -0.15) is 0 Å². The zero-order valence-electron chi connectivity index (χ0n) is 15.3. The molecule has 3 aromatic rings. The summed E-state index contributed by atoms with van der Waals surface area (Å²) >= 11 is 0. The molecule has 1 aromatic heterocycles. The first-order chi connectivity index (χ1) is 12.5. The number of carbonyl (C=O) groups excluding carboxylic acids is 1. The molecule has 1 saturated heterocycles. The number of benzene rings is 2. The van der Waals surface area contributed by atoms with E-state index in [2.05, 4.69) is 24.1 Å². The van der Waals surface area contributed by atoms with E-state index in [1.807, 2.05) is 54.3 Å². The van der Waals surface area contributed by atoms with Gasteiger partial charge in [-0.05, 0) is 38.1 Å². The van der Waals surface area contributed by atoms with Gasteiger partial charge in [-0.15, -0.1) is 0 Å². The standard InChI is InChI=1S/C22H23N3O/c1-15(2)13-25-20-7-5-4-6-19(20)23-22(25)17-12-21(26)24(14-17)18-10-8-16(3)9-11-18/h4-11,17H,1,12-14H2,2-3H3/t17-/m1/s1. The second-order valence-electron chi connectivity index (χ2n) is 7.24. The molecule has 0 bridgehead atoms. The van der Waals surface area contributed by atoms with E-state index in [9.17, 15) is 4.79 Å². The second kappa shape index (κ2) is 6.45. The van der Waals surface area contributed by atoms with Crippen molar-refractivity contribution in [1.82, 2.24) is 9.55 Å².